The van der Waals surface area contributed by atoms with Gasteiger partial charge in [-0.05, 0) is 17.7 Å². The van der Waals surface area contributed by atoms with Crippen molar-refractivity contribution in [2.45, 2.75) is 19.3 Å². The summed E-state index contributed by atoms with van der Waals surface area (Å²) < 4.78 is 35.5. The van der Waals surface area contributed by atoms with Gasteiger partial charge in [0.1, 0.15) is 15.7 Å². The second-order valence-corrected chi connectivity index (χ2v) is 8.14. The molecule has 0 bridgehead atoms. The van der Waals surface area contributed by atoms with E-state index < -0.39 is 9.84 Å². The van der Waals surface area contributed by atoms with Crippen LogP contribution >= 0.6 is 24.0 Å². The maximum absolute atomic E-state index is 13.3. The largest absolute Gasteiger partial charge is 0.356 e. The maximum Gasteiger partial charge on any atom is 0.191 e. The van der Waals surface area contributed by atoms with Crippen LogP contribution in [0.2, 0.25) is 0 Å². The summed E-state index contributed by atoms with van der Waals surface area (Å²) in [6.07, 6.45) is 1.19. The summed E-state index contributed by atoms with van der Waals surface area (Å²) in [5.41, 5.74) is 0.586. The molecule has 0 aliphatic carbocycles. The van der Waals surface area contributed by atoms with Crippen molar-refractivity contribution >= 4 is 39.8 Å². The second-order valence-electron chi connectivity index (χ2n) is 5.88. The standard InChI is InChI=1S/C15H24FN3O2S.HI/c1-15(2,12-6-5-7-13(16)10-12)11-19-14(17-3)18-8-9-22(4,20)21;/h5-7,10H,8-9,11H2,1-4H3,(H2,17,18,19);1H. The highest BCUT2D eigenvalue weighted by Gasteiger charge is 2.21. The van der Waals surface area contributed by atoms with Crippen molar-refractivity contribution in [2.24, 2.45) is 4.99 Å². The van der Waals surface area contributed by atoms with Crippen LogP contribution in [0.25, 0.3) is 0 Å². The number of guanidine groups is 1. The number of benzene rings is 1. The summed E-state index contributed by atoms with van der Waals surface area (Å²) in [7, 11) is -1.39. The van der Waals surface area contributed by atoms with Gasteiger partial charge in [-0.15, -0.1) is 24.0 Å². The number of nitrogens with zero attached hydrogens (tertiary/aromatic N) is 1. The number of sulfone groups is 1. The van der Waals surface area contributed by atoms with Crippen LogP contribution in [0.5, 0.6) is 0 Å². The SMILES string of the molecule is CN=C(NCCS(C)(=O)=O)NCC(C)(C)c1cccc(F)c1.I. The minimum atomic E-state index is -3.01. The van der Waals surface area contributed by atoms with Crippen LogP contribution in [0.3, 0.4) is 0 Å². The first-order valence-electron chi connectivity index (χ1n) is 7.02. The summed E-state index contributed by atoms with van der Waals surface area (Å²) in [5, 5.41) is 6.08. The molecule has 0 aliphatic heterocycles. The van der Waals surface area contributed by atoms with E-state index in [2.05, 4.69) is 15.6 Å². The summed E-state index contributed by atoms with van der Waals surface area (Å²) in [4.78, 5) is 4.05. The summed E-state index contributed by atoms with van der Waals surface area (Å²) >= 11 is 0. The fraction of sp³-hybridized carbons (Fsp3) is 0.533. The fourth-order valence-corrected chi connectivity index (χ4v) is 2.36. The van der Waals surface area contributed by atoms with E-state index in [-0.39, 0.29) is 41.0 Å². The van der Waals surface area contributed by atoms with Crippen LogP contribution in [0.1, 0.15) is 19.4 Å². The van der Waals surface area contributed by atoms with Gasteiger partial charge in [-0.1, -0.05) is 26.0 Å². The van der Waals surface area contributed by atoms with Crippen molar-refractivity contribution in [3.8, 4) is 0 Å². The number of hydrogen-bond donors (Lipinski definition) is 2. The molecular weight excluding hydrogens is 432 g/mol. The summed E-state index contributed by atoms with van der Waals surface area (Å²) in [6, 6.07) is 6.50. The van der Waals surface area contributed by atoms with Crippen LogP contribution in [0.15, 0.2) is 29.3 Å². The zero-order valence-electron chi connectivity index (χ0n) is 13.9. The molecule has 0 aliphatic rings. The van der Waals surface area contributed by atoms with Crippen LogP contribution in [-0.4, -0.2) is 46.5 Å². The molecule has 0 amide bonds. The Balaban J connectivity index is 0.00000484. The van der Waals surface area contributed by atoms with Gasteiger partial charge in [0.25, 0.3) is 0 Å². The predicted molar refractivity (Wildman–Crippen MR) is 104 cm³/mol. The van der Waals surface area contributed by atoms with Gasteiger partial charge in [0.15, 0.2) is 5.96 Å². The number of hydrogen-bond acceptors (Lipinski definition) is 3. The molecule has 8 heteroatoms. The Morgan fingerprint density at radius 1 is 1.30 bits per heavy atom. The highest BCUT2D eigenvalue weighted by Crippen LogP contribution is 2.22. The molecule has 1 aromatic carbocycles. The Morgan fingerprint density at radius 3 is 2.48 bits per heavy atom. The quantitative estimate of drug-likeness (QED) is 0.389. The normalized spacial score (nSPS) is 12.5. The van der Waals surface area contributed by atoms with Crippen LogP contribution in [0.4, 0.5) is 4.39 Å². The Labute approximate surface area is 155 Å². The molecule has 0 heterocycles. The third-order valence-corrected chi connectivity index (χ3v) is 4.24. The molecule has 1 rings (SSSR count). The molecule has 0 aromatic heterocycles. The number of aliphatic imine (C=N–C) groups is 1. The molecule has 0 spiro atoms. The van der Waals surface area contributed by atoms with Crippen molar-refractivity contribution in [3.63, 3.8) is 0 Å². The van der Waals surface area contributed by atoms with Gasteiger partial charge in [-0.2, -0.15) is 0 Å². The van der Waals surface area contributed by atoms with Crippen LogP contribution in [0, 0.1) is 5.82 Å². The topological polar surface area (TPSA) is 70.6 Å². The van der Waals surface area contributed by atoms with E-state index in [9.17, 15) is 12.8 Å². The molecule has 1 aromatic rings. The van der Waals surface area contributed by atoms with Gasteiger partial charge in [0.2, 0.25) is 0 Å². The van der Waals surface area contributed by atoms with Crippen molar-refractivity contribution in [2.75, 3.05) is 32.1 Å². The first kappa shape index (κ1) is 22.1. The van der Waals surface area contributed by atoms with E-state index in [0.29, 0.717) is 19.0 Å². The average molecular weight is 457 g/mol. The van der Waals surface area contributed by atoms with Crippen molar-refractivity contribution < 1.29 is 12.8 Å². The fourth-order valence-electron chi connectivity index (χ4n) is 1.89. The van der Waals surface area contributed by atoms with Crippen molar-refractivity contribution in [1.82, 2.24) is 10.6 Å². The molecule has 0 fully saturated rings. The van der Waals surface area contributed by atoms with Crippen LogP contribution < -0.4 is 10.6 Å². The lowest BCUT2D eigenvalue weighted by Gasteiger charge is -2.26. The number of rotatable bonds is 6. The van der Waals surface area contributed by atoms with Gasteiger partial charge in [-0.25, -0.2) is 12.8 Å². The van der Waals surface area contributed by atoms with Gasteiger partial charge in [0.05, 0.1) is 5.75 Å². The lowest BCUT2D eigenvalue weighted by molar-refractivity contribution is 0.503. The smallest absolute Gasteiger partial charge is 0.191 e. The minimum absolute atomic E-state index is 0. The minimum Gasteiger partial charge on any atom is -0.356 e. The third kappa shape index (κ3) is 8.50. The molecule has 0 atom stereocenters. The molecule has 5 nitrogen and oxygen atoms in total. The Kier molecular flexibility index (Phi) is 9.04. The Bertz CT molecular complexity index is 633. The molecule has 2 N–H and O–H groups in total. The Morgan fingerprint density at radius 2 is 1.96 bits per heavy atom. The first-order chi connectivity index (χ1) is 10.1. The number of nitrogens with one attached hydrogen (secondary N) is 2. The van der Waals surface area contributed by atoms with Gasteiger partial charge >= 0.3 is 0 Å². The molecule has 0 unspecified atom stereocenters. The predicted octanol–water partition coefficient (Wildman–Crippen LogP) is 1.93. The lowest BCUT2D eigenvalue weighted by atomic mass is 9.84. The molecule has 0 radical (unpaired) electrons. The van der Waals surface area contributed by atoms with Gasteiger partial charge in [-0.3, -0.25) is 4.99 Å². The van der Waals surface area contributed by atoms with Crippen LogP contribution in [-0.2, 0) is 15.3 Å². The van der Waals surface area contributed by atoms with Crippen molar-refractivity contribution in [1.29, 1.82) is 0 Å². The third-order valence-electron chi connectivity index (χ3n) is 3.29. The van der Waals surface area contributed by atoms with E-state index in [1.165, 1.54) is 18.4 Å². The molecular formula is C15H25FIN3O2S. The highest BCUT2D eigenvalue weighted by molar-refractivity contribution is 14.0. The van der Waals surface area contributed by atoms with E-state index in [0.717, 1.165) is 5.56 Å². The molecule has 0 saturated heterocycles. The van der Waals surface area contributed by atoms with Gasteiger partial charge < -0.3 is 10.6 Å². The average Bonchev–Trinajstić information content (AvgIpc) is 2.41. The van der Waals surface area contributed by atoms with E-state index in [1.54, 1.807) is 13.1 Å². The monoisotopic (exact) mass is 457 g/mol. The van der Waals surface area contributed by atoms with Crippen molar-refractivity contribution in [3.05, 3.63) is 35.6 Å². The molecule has 23 heavy (non-hydrogen) atoms. The van der Waals surface area contributed by atoms with Gasteiger partial charge in [0, 0.05) is 31.8 Å². The maximum atomic E-state index is 13.3. The molecule has 0 saturated carbocycles. The lowest BCUT2D eigenvalue weighted by Crippen LogP contribution is -2.44. The zero-order valence-corrected chi connectivity index (χ0v) is 17.0. The zero-order chi connectivity index (χ0) is 16.8. The number of halogens is 2. The van der Waals surface area contributed by atoms with E-state index in [4.69, 9.17) is 0 Å². The molecule has 132 valence electrons. The summed E-state index contributed by atoms with van der Waals surface area (Å²) in [5.74, 6) is 0.301. The van der Waals surface area contributed by atoms with E-state index >= 15 is 0 Å². The Hall–Kier alpha value is -0.900. The second kappa shape index (κ2) is 9.41. The highest BCUT2D eigenvalue weighted by atomic mass is 127. The summed E-state index contributed by atoms with van der Waals surface area (Å²) in [6.45, 7) is 4.82. The van der Waals surface area contributed by atoms with E-state index in [1.807, 2.05) is 19.9 Å². The first-order valence-corrected chi connectivity index (χ1v) is 9.08.